The topological polar surface area (TPSA) is 40.2 Å². The lowest BCUT2D eigenvalue weighted by Gasteiger charge is -2.40. The zero-order valence-electron chi connectivity index (χ0n) is 15.5. The Hall–Kier alpha value is -1.90. The molecule has 3 heteroatoms. The number of benzene rings is 1. The minimum Gasteiger partial charge on any atom is -0.495 e. The van der Waals surface area contributed by atoms with Gasteiger partial charge in [0.15, 0.2) is 0 Å². The lowest BCUT2D eigenvalue weighted by molar-refractivity contribution is 0.155. The largest absolute Gasteiger partial charge is 0.495 e. The molecule has 3 atom stereocenters. The maximum Gasteiger partial charge on any atom is 0.142 e. The highest BCUT2D eigenvalue weighted by Crippen LogP contribution is 2.49. The van der Waals surface area contributed by atoms with Gasteiger partial charge in [-0.3, -0.25) is 0 Å². The van der Waals surface area contributed by atoms with Crippen LogP contribution in [-0.2, 0) is 7.05 Å². The molecular weight excluding hydrogens is 308 g/mol. The number of nitrogen functional groups attached to an aromatic ring is 1. The van der Waals surface area contributed by atoms with Crippen molar-refractivity contribution in [3.8, 4) is 16.9 Å². The highest BCUT2D eigenvalue weighted by molar-refractivity contribution is 5.74. The zero-order valence-corrected chi connectivity index (χ0v) is 15.5. The Balaban J connectivity index is 1.72. The third kappa shape index (κ3) is 3.17. The molecule has 1 aromatic carbocycles. The van der Waals surface area contributed by atoms with E-state index in [1.807, 2.05) is 0 Å². The molecule has 0 saturated heterocycles. The van der Waals surface area contributed by atoms with E-state index in [-0.39, 0.29) is 0 Å². The zero-order chi connectivity index (χ0) is 17.4. The van der Waals surface area contributed by atoms with Crippen LogP contribution in [0.15, 0.2) is 30.6 Å². The van der Waals surface area contributed by atoms with E-state index in [4.69, 9.17) is 10.5 Å². The average molecular weight is 338 g/mol. The summed E-state index contributed by atoms with van der Waals surface area (Å²) in [6.07, 6.45) is 14.1. The van der Waals surface area contributed by atoms with Gasteiger partial charge in [0.05, 0.1) is 12.8 Å². The van der Waals surface area contributed by atoms with Crippen LogP contribution in [0.25, 0.3) is 11.1 Å². The number of rotatable bonds is 3. The second kappa shape index (κ2) is 6.78. The first-order valence-electron chi connectivity index (χ1n) is 9.75. The molecule has 3 unspecified atom stereocenters. The lowest BCUT2D eigenvalue weighted by Crippen LogP contribution is -2.27. The molecular formula is C22H30N2O. The summed E-state index contributed by atoms with van der Waals surface area (Å²) in [5, 5.41) is 0. The van der Waals surface area contributed by atoms with E-state index in [0.29, 0.717) is 5.92 Å². The highest BCUT2D eigenvalue weighted by Gasteiger charge is 2.34. The Morgan fingerprint density at radius 1 is 1.08 bits per heavy atom. The quantitative estimate of drug-likeness (QED) is 0.766. The highest BCUT2D eigenvalue weighted by atomic mass is 16.5. The van der Waals surface area contributed by atoms with Gasteiger partial charge in [-0.2, -0.15) is 0 Å². The first-order valence-corrected chi connectivity index (χ1v) is 9.75. The molecule has 2 aromatic rings. The van der Waals surface area contributed by atoms with E-state index in [9.17, 15) is 0 Å². The molecule has 2 N–H and O–H groups in total. The third-order valence-electron chi connectivity index (χ3n) is 6.52. The predicted molar refractivity (Wildman–Crippen MR) is 104 cm³/mol. The van der Waals surface area contributed by atoms with E-state index in [0.717, 1.165) is 23.3 Å². The van der Waals surface area contributed by atoms with Crippen molar-refractivity contribution in [1.29, 1.82) is 0 Å². The molecule has 0 spiro atoms. The molecule has 3 nitrogen and oxygen atoms in total. The van der Waals surface area contributed by atoms with Gasteiger partial charge < -0.3 is 15.0 Å². The Labute approximate surface area is 151 Å². The van der Waals surface area contributed by atoms with Crippen molar-refractivity contribution in [3.05, 3.63) is 36.2 Å². The molecule has 0 aliphatic heterocycles. The Bertz CT molecular complexity index is 748. The van der Waals surface area contributed by atoms with Crippen LogP contribution in [0.1, 0.15) is 56.4 Å². The number of ether oxygens (including phenoxy) is 1. The van der Waals surface area contributed by atoms with Crippen LogP contribution in [0.4, 0.5) is 5.69 Å². The monoisotopic (exact) mass is 338 g/mol. The minimum atomic E-state index is 0.629. The van der Waals surface area contributed by atoms with Gasteiger partial charge in [0.1, 0.15) is 5.75 Å². The molecule has 134 valence electrons. The summed E-state index contributed by atoms with van der Waals surface area (Å²) in [5.41, 5.74) is 11.0. The standard InChI is InChI=1S/C22H30N2O/c1-24-10-9-18(14-24)19-12-21(23)22(25-2)13-20(19)17-8-7-15-5-3-4-6-16(15)11-17/h9-10,12-17H,3-8,11,23H2,1-2H3. The van der Waals surface area contributed by atoms with Crippen LogP contribution in [0.5, 0.6) is 5.75 Å². The molecule has 0 bridgehead atoms. The van der Waals surface area contributed by atoms with Gasteiger partial charge in [0.25, 0.3) is 0 Å². The minimum absolute atomic E-state index is 0.629. The number of nitrogens with two attached hydrogens (primary N) is 1. The fourth-order valence-corrected chi connectivity index (χ4v) is 5.20. The van der Waals surface area contributed by atoms with Gasteiger partial charge in [0.2, 0.25) is 0 Å². The van der Waals surface area contributed by atoms with E-state index < -0.39 is 0 Å². The van der Waals surface area contributed by atoms with Gasteiger partial charge in [-0.15, -0.1) is 0 Å². The lowest BCUT2D eigenvalue weighted by atomic mass is 9.65. The number of aromatic nitrogens is 1. The van der Waals surface area contributed by atoms with Crippen LogP contribution >= 0.6 is 0 Å². The molecule has 2 saturated carbocycles. The fourth-order valence-electron chi connectivity index (χ4n) is 5.20. The van der Waals surface area contributed by atoms with E-state index in [2.05, 4.69) is 42.2 Å². The predicted octanol–water partition coefficient (Wildman–Crippen LogP) is 5.36. The van der Waals surface area contributed by atoms with Crippen molar-refractivity contribution >= 4 is 5.69 Å². The van der Waals surface area contributed by atoms with Crippen molar-refractivity contribution in [1.82, 2.24) is 4.57 Å². The Morgan fingerprint density at radius 2 is 1.88 bits per heavy atom. The van der Waals surface area contributed by atoms with Crippen molar-refractivity contribution in [2.24, 2.45) is 18.9 Å². The molecule has 25 heavy (non-hydrogen) atoms. The summed E-state index contributed by atoms with van der Waals surface area (Å²) in [7, 11) is 3.79. The smallest absolute Gasteiger partial charge is 0.142 e. The number of nitrogens with zero attached hydrogens (tertiary/aromatic N) is 1. The van der Waals surface area contributed by atoms with Gasteiger partial charge in [0, 0.05) is 19.4 Å². The number of aryl methyl sites for hydroxylation is 1. The van der Waals surface area contributed by atoms with Crippen LogP contribution in [0, 0.1) is 11.8 Å². The van der Waals surface area contributed by atoms with Crippen LogP contribution in [0.2, 0.25) is 0 Å². The SMILES string of the molecule is COc1cc(C2CCC3CCCCC3C2)c(-c2ccn(C)c2)cc1N. The third-order valence-corrected chi connectivity index (χ3v) is 6.52. The van der Waals surface area contributed by atoms with Crippen LogP contribution in [0.3, 0.4) is 0 Å². The fraction of sp³-hybridized carbons (Fsp3) is 0.545. The second-order valence-electron chi connectivity index (χ2n) is 8.06. The molecule has 2 aliphatic carbocycles. The number of fused-ring (bicyclic) bond motifs is 1. The Morgan fingerprint density at radius 3 is 2.60 bits per heavy atom. The number of anilines is 1. The van der Waals surface area contributed by atoms with Crippen molar-refractivity contribution < 1.29 is 4.74 Å². The van der Waals surface area contributed by atoms with Crippen LogP contribution in [-0.4, -0.2) is 11.7 Å². The molecule has 0 radical (unpaired) electrons. The summed E-state index contributed by atoms with van der Waals surface area (Å²) in [5.74, 6) is 3.34. The van der Waals surface area contributed by atoms with Crippen molar-refractivity contribution in [2.45, 2.75) is 50.9 Å². The molecule has 4 rings (SSSR count). The van der Waals surface area contributed by atoms with E-state index in [1.165, 1.54) is 61.6 Å². The normalized spacial score (nSPS) is 26.2. The van der Waals surface area contributed by atoms with Crippen LogP contribution < -0.4 is 10.5 Å². The molecule has 1 heterocycles. The number of hydrogen-bond donors (Lipinski definition) is 1. The van der Waals surface area contributed by atoms with E-state index in [1.54, 1.807) is 7.11 Å². The van der Waals surface area contributed by atoms with Gasteiger partial charge in [-0.25, -0.2) is 0 Å². The van der Waals surface area contributed by atoms with Gasteiger partial charge in [-0.05, 0) is 71.9 Å². The first-order chi connectivity index (χ1) is 12.2. The Kier molecular flexibility index (Phi) is 4.49. The summed E-state index contributed by atoms with van der Waals surface area (Å²) in [6, 6.07) is 6.53. The maximum absolute atomic E-state index is 6.25. The summed E-state index contributed by atoms with van der Waals surface area (Å²) in [4.78, 5) is 0. The van der Waals surface area contributed by atoms with E-state index >= 15 is 0 Å². The maximum atomic E-state index is 6.25. The molecule has 1 aromatic heterocycles. The summed E-state index contributed by atoms with van der Waals surface area (Å²) in [6.45, 7) is 0. The summed E-state index contributed by atoms with van der Waals surface area (Å²) >= 11 is 0. The second-order valence-corrected chi connectivity index (χ2v) is 8.06. The first kappa shape index (κ1) is 16.6. The molecule has 2 aliphatic rings. The summed E-state index contributed by atoms with van der Waals surface area (Å²) < 4.78 is 7.66. The van der Waals surface area contributed by atoms with Gasteiger partial charge in [-0.1, -0.05) is 25.7 Å². The average Bonchev–Trinajstić information content (AvgIpc) is 3.07. The van der Waals surface area contributed by atoms with Gasteiger partial charge >= 0.3 is 0 Å². The van der Waals surface area contributed by atoms with Crippen molar-refractivity contribution in [3.63, 3.8) is 0 Å². The molecule has 0 amide bonds. The van der Waals surface area contributed by atoms with Crippen molar-refractivity contribution in [2.75, 3.05) is 12.8 Å². The molecule has 2 fully saturated rings. The number of hydrogen-bond acceptors (Lipinski definition) is 2. The number of methoxy groups -OCH3 is 1.